The van der Waals surface area contributed by atoms with Crippen molar-refractivity contribution in [2.45, 2.75) is 32.7 Å². The molecule has 1 heteroatoms. The Bertz CT molecular complexity index is 482. The third-order valence-electron chi connectivity index (χ3n) is 3.44. The van der Waals surface area contributed by atoms with E-state index in [1.54, 1.807) is 0 Å². The highest BCUT2D eigenvalue weighted by Gasteiger charge is 1.99. The summed E-state index contributed by atoms with van der Waals surface area (Å²) >= 11 is 0. The van der Waals surface area contributed by atoms with E-state index in [-0.39, 0.29) is 0 Å². The molecule has 0 atom stereocenters. The average Bonchev–Trinajstić information content (AvgIpc) is 2.47. The van der Waals surface area contributed by atoms with Crippen LogP contribution in [0.1, 0.15) is 30.9 Å². The van der Waals surface area contributed by atoms with Gasteiger partial charge in [0.25, 0.3) is 0 Å². The minimum atomic E-state index is 0.927. The molecule has 0 spiro atoms. The summed E-state index contributed by atoms with van der Waals surface area (Å²) < 4.78 is 0. The van der Waals surface area contributed by atoms with Crippen LogP contribution in [0.4, 0.5) is 0 Å². The van der Waals surface area contributed by atoms with Gasteiger partial charge in [-0.25, -0.2) is 0 Å². The van der Waals surface area contributed by atoms with E-state index in [9.17, 15) is 0 Å². The molecule has 0 saturated carbocycles. The van der Waals surface area contributed by atoms with Crippen LogP contribution in [0.5, 0.6) is 0 Å². The first-order valence-corrected chi connectivity index (χ1v) is 7.16. The van der Waals surface area contributed by atoms with E-state index < -0.39 is 0 Å². The minimum absolute atomic E-state index is 0.927. The van der Waals surface area contributed by atoms with Crippen molar-refractivity contribution in [3.8, 4) is 11.1 Å². The van der Waals surface area contributed by atoms with Crippen molar-refractivity contribution in [3.05, 3.63) is 59.7 Å². The van der Waals surface area contributed by atoms with Crippen molar-refractivity contribution in [1.29, 1.82) is 0 Å². The van der Waals surface area contributed by atoms with Gasteiger partial charge in [-0.05, 0) is 42.1 Å². The highest BCUT2D eigenvalue weighted by molar-refractivity contribution is 5.63. The molecule has 0 radical (unpaired) electrons. The van der Waals surface area contributed by atoms with E-state index >= 15 is 0 Å². The number of aryl methyl sites for hydroxylation is 1. The molecule has 0 bridgehead atoms. The van der Waals surface area contributed by atoms with Crippen molar-refractivity contribution in [2.75, 3.05) is 7.05 Å². The van der Waals surface area contributed by atoms with Crippen molar-refractivity contribution in [3.63, 3.8) is 0 Å². The van der Waals surface area contributed by atoms with E-state index in [2.05, 4.69) is 60.8 Å². The zero-order valence-electron chi connectivity index (χ0n) is 11.9. The van der Waals surface area contributed by atoms with Gasteiger partial charge >= 0.3 is 0 Å². The first-order valence-electron chi connectivity index (χ1n) is 7.16. The second-order valence-electron chi connectivity index (χ2n) is 5.03. The summed E-state index contributed by atoms with van der Waals surface area (Å²) in [5.41, 5.74) is 5.36. The highest BCUT2D eigenvalue weighted by Crippen LogP contribution is 2.21. The second kappa shape index (κ2) is 7.10. The molecule has 19 heavy (non-hydrogen) atoms. The van der Waals surface area contributed by atoms with Gasteiger partial charge in [0.2, 0.25) is 0 Å². The molecule has 0 aromatic heterocycles. The van der Waals surface area contributed by atoms with E-state index in [1.165, 1.54) is 41.5 Å². The Kier molecular flexibility index (Phi) is 5.17. The molecule has 100 valence electrons. The Morgan fingerprint density at radius 3 is 1.79 bits per heavy atom. The van der Waals surface area contributed by atoms with Gasteiger partial charge in [0.15, 0.2) is 0 Å². The molecule has 0 amide bonds. The first-order chi connectivity index (χ1) is 9.33. The van der Waals surface area contributed by atoms with Crippen LogP contribution in [0, 0.1) is 0 Å². The van der Waals surface area contributed by atoms with Gasteiger partial charge in [-0.2, -0.15) is 0 Å². The van der Waals surface area contributed by atoms with Crippen molar-refractivity contribution < 1.29 is 0 Å². The smallest absolute Gasteiger partial charge is 0.0202 e. The topological polar surface area (TPSA) is 12.0 Å². The van der Waals surface area contributed by atoms with Crippen LogP contribution in [0.15, 0.2) is 48.5 Å². The van der Waals surface area contributed by atoms with Crippen LogP contribution in [-0.2, 0) is 13.0 Å². The van der Waals surface area contributed by atoms with Crippen LogP contribution >= 0.6 is 0 Å². The summed E-state index contributed by atoms with van der Waals surface area (Å²) in [6.07, 6.45) is 3.73. The third kappa shape index (κ3) is 3.93. The Morgan fingerprint density at radius 2 is 1.32 bits per heavy atom. The normalized spacial score (nSPS) is 10.6. The van der Waals surface area contributed by atoms with Gasteiger partial charge in [0.1, 0.15) is 0 Å². The van der Waals surface area contributed by atoms with Crippen LogP contribution in [0.2, 0.25) is 0 Å². The van der Waals surface area contributed by atoms with Crippen LogP contribution in [0.25, 0.3) is 11.1 Å². The molecule has 0 fully saturated rings. The standard InChI is InChI=1S/C18H23N/c1-3-4-5-15-6-10-17(11-7-15)18-12-8-16(9-13-18)14-19-2/h6-13,19H,3-5,14H2,1-2H3. The maximum absolute atomic E-state index is 3.17. The molecule has 0 saturated heterocycles. The molecule has 1 N–H and O–H groups in total. The van der Waals surface area contributed by atoms with Gasteiger partial charge in [0, 0.05) is 6.54 Å². The van der Waals surface area contributed by atoms with E-state index in [0.29, 0.717) is 0 Å². The molecule has 0 aliphatic carbocycles. The molecular weight excluding hydrogens is 230 g/mol. The van der Waals surface area contributed by atoms with Gasteiger partial charge < -0.3 is 5.32 Å². The SMILES string of the molecule is CCCCc1ccc(-c2ccc(CNC)cc2)cc1. The summed E-state index contributed by atoms with van der Waals surface area (Å²) in [7, 11) is 1.98. The number of hydrogen-bond acceptors (Lipinski definition) is 1. The molecule has 0 unspecified atom stereocenters. The molecule has 0 aliphatic rings. The third-order valence-corrected chi connectivity index (χ3v) is 3.44. The predicted molar refractivity (Wildman–Crippen MR) is 83.3 cm³/mol. The summed E-state index contributed by atoms with van der Waals surface area (Å²) in [6, 6.07) is 17.8. The zero-order valence-corrected chi connectivity index (χ0v) is 11.9. The molecular formula is C18H23N. The number of unbranched alkanes of at least 4 members (excludes halogenated alkanes) is 1. The molecule has 2 aromatic carbocycles. The molecule has 1 nitrogen and oxygen atoms in total. The molecule has 0 heterocycles. The first kappa shape index (κ1) is 13.8. The van der Waals surface area contributed by atoms with E-state index in [4.69, 9.17) is 0 Å². The number of hydrogen-bond donors (Lipinski definition) is 1. The summed E-state index contributed by atoms with van der Waals surface area (Å²) in [6.45, 7) is 3.16. The maximum atomic E-state index is 3.17. The van der Waals surface area contributed by atoms with Gasteiger partial charge in [-0.3, -0.25) is 0 Å². The lowest BCUT2D eigenvalue weighted by Gasteiger charge is -2.06. The zero-order chi connectivity index (χ0) is 13.5. The lowest BCUT2D eigenvalue weighted by molar-refractivity contribution is 0.795. The van der Waals surface area contributed by atoms with Crippen molar-refractivity contribution in [2.24, 2.45) is 0 Å². The largest absolute Gasteiger partial charge is 0.316 e. The molecule has 2 aromatic rings. The van der Waals surface area contributed by atoms with Crippen LogP contribution < -0.4 is 5.32 Å². The Morgan fingerprint density at radius 1 is 0.789 bits per heavy atom. The van der Waals surface area contributed by atoms with Crippen LogP contribution in [-0.4, -0.2) is 7.05 Å². The summed E-state index contributed by atoms with van der Waals surface area (Å²) in [5.74, 6) is 0. The van der Waals surface area contributed by atoms with Gasteiger partial charge in [0.05, 0.1) is 0 Å². The number of nitrogens with one attached hydrogen (secondary N) is 1. The fourth-order valence-corrected chi connectivity index (χ4v) is 2.26. The maximum Gasteiger partial charge on any atom is 0.0202 e. The van der Waals surface area contributed by atoms with Crippen molar-refractivity contribution in [1.82, 2.24) is 5.32 Å². The monoisotopic (exact) mass is 253 g/mol. The minimum Gasteiger partial charge on any atom is -0.316 e. The number of rotatable bonds is 6. The molecule has 2 rings (SSSR count). The van der Waals surface area contributed by atoms with E-state index in [1.807, 2.05) is 7.05 Å². The fraction of sp³-hybridized carbons (Fsp3) is 0.333. The predicted octanol–water partition coefficient (Wildman–Crippen LogP) is 4.42. The van der Waals surface area contributed by atoms with E-state index in [0.717, 1.165) is 6.54 Å². The second-order valence-corrected chi connectivity index (χ2v) is 5.03. The summed E-state index contributed by atoms with van der Waals surface area (Å²) in [4.78, 5) is 0. The lowest BCUT2D eigenvalue weighted by atomic mass is 10.0. The van der Waals surface area contributed by atoms with Gasteiger partial charge in [-0.1, -0.05) is 61.9 Å². The quantitative estimate of drug-likeness (QED) is 0.803. The Hall–Kier alpha value is -1.60. The molecule has 0 aliphatic heterocycles. The van der Waals surface area contributed by atoms with Crippen LogP contribution in [0.3, 0.4) is 0 Å². The fourth-order valence-electron chi connectivity index (χ4n) is 2.26. The summed E-state index contributed by atoms with van der Waals surface area (Å²) in [5, 5.41) is 3.17. The van der Waals surface area contributed by atoms with Gasteiger partial charge in [-0.15, -0.1) is 0 Å². The Balaban J connectivity index is 2.08. The number of benzene rings is 2. The Labute approximate surface area is 116 Å². The average molecular weight is 253 g/mol. The highest BCUT2D eigenvalue weighted by atomic mass is 14.8. The van der Waals surface area contributed by atoms with Crippen molar-refractivity contribution >= 4 is 0 Å². The lowest BCUT2D eigenvalue weighted by Crippen LogP contribution is -2.04.